The Morgan fingerprint density at radius 2 is 2.17 bits per heavy atom. The maximum absolute atomic E-state index is 5.74. The Hall–Kier alpha value is -0.340. The topological polar surface area (TPSA) is 38.0 Å². The molecule has 1 aliphatic carbocycles. The number of unbranched alkanes of at least 4 members (excludes halogenated alkanes) is 1. The zero-order chi connectivity index (χ0) is 13.2. The van der Waals surface area contributed by atoms with Gasteiger partial charge in [0, 0.05) is 6.04 Å². The summed E-state index contributed by atoms with van der Waals surface area (Å²) < 4.78 is 0. The zero-order valence-electron chi connectivity index (χ0n) is 12.4. The number of rotatable bonds is 9. The van der Waals surface area contributed by atoms with Crippen LogP contribution >= 0.6 is 0 Å². The van der Waals surface area contributed by atoms with Crippen LogP contribution in [0.1, 0.15) is 78.1 Å². The SMILES string of the molecule is CCCCC(CC)CC(CC1=CCCCC1)NN. The molecule has 0 aromatic carbocycles. The fourth-order valence-corrected chi connectivity index (χ4v) is 3.00. The van der Waals surface area contributed by atoms with E-state index in [9.17, 15) is 0 Å². The van der Waals surface area contributed by atoms with Crippen LogP contribution < -0.4 is 11.3 Å². The third-order valence-corrected chi connectivity index (χ3v) is 4.29. The van der Waals surface area contributed by atoms with Crippen LogP contribution in [-0.4, -0.2) is 6.04 Å². The monoisotopic (exact) mass is 252 g/mol. The highest BCUT2D eigenvalue weighted by molar-refractivity contribution is 5.07. The van der Waals surface area contributed by atoms with Gasteiger partial charge in [0.05, 0.1) is 0 Å². The first-order chi connectivity index (χ1) is 8.80. The fraction of sp³-hybridized carbons (Fsp3) is 0.875. The van der Waals surface area contributed by atoms with Crippen LogP contribution in [0.4, 0.5) is 0 Å². The molecule has 0 saturated heterocycles. The minimum absolute atomic E-state index is 0.483. The second-order valence-corrected chi connectivity index (χ2v) is 5.83. The van der Waals surface area contributed by atoms with Gasteiger partial charge in [0.2, 0.25) is 0 Å². The highest BCUT2D eigenvalue weighted by Crippen LogP contribution is 2.25. The number of hydrazine groups is 1. The average molecular weight is 252 g/mol. The van der Waals surface area contributed by atoms with E-state index in [1.807, 2.05) is 0 Å². The molecule has 1 rings (SSSR count). The van der Waals surface area contributed by atoms with Crippen LogP contribution in [0.25, 0.3) is 0 Å². The molecule has 2 atom stereocenters. The summed E-state index contributed by atoms with van der Waals surface area (Å²) in [6, 6.07) is 0.483. The van der Waals surface area contributed by atoms with Crippen LogP contribution in [0.2, 0.25) is 0 Å². The van der Waals surface area contributed by atoms with Gasteiger partial charge in [-0.2, -0.15) is 0 Å². The van der Waals surface area contributed by atoms with Gasteiger partial charge >= 0.3 is 0 Å². The van der Waals surface area contributed by atoms with Crippen molar-refractivity contribution in [3.8, 4) is 0 Å². The summed E-state index contributed by atoms with van der Waals surface area (Å²) >= 11 is 0. The molecular weight excluding hydrogens is 220 g/mol. The Morgan fingerprint density at radius 1 is 1.33 bits per heavy atom. The van der Waals surface area contributed by atoms with Crippen molar-refractivity contribution in [3.63, 3.8) is 0 Å². The second kappa shape index (κ2) is 9.57. The molecule has 2 heteroatoms. The average Bonchev–Trinajstić information content (AvgIpc) is 2.43. The van der Waals surface area contributed by atoms with Gasteiger partial charge in [-0.3, -0.25) is 11.3 Å². The van der Waals surface area contributed by atoms with Gasteiger partial charge in [-0.25, -0.2) is 0 Å². The maximum atomic E-state index is 5.74. The van der Waals surface area contributed by atoms with Crippen LogP contribution in [0.15, 0.2) is 11.6 Å². The third-order valence-electron chi connectivity index (χ3n) is 4.29. The molecule has 1 aliphatic rings. The minimum atomic E-state index is 0.483. The summed E-state index contributed by atoms with van der Waals surface area (Å²) in [5, 5.41) is 0. The zero-order valence-corrected chi connectivity index (χ0v) is 12.4. The minimum Gasteiger partial charge on any atom is -0.271 e. The molecular formula is C16H32N2. The van der Waals surface area contributed by atoms with Crippen molar-refractivity contribution in [2.45, 2.75) is 84.1 Å². The molecule has 0 amide bonds. The molecule has 0 aliphatic heterocycles. The molecule has 106 valence electrons. The normalized spacial score (nSPS) is 19.4. The Kier molecular flexibility index (Phi) is 8.36. The van der Waals surface area contributed by atoms with Crippen molar-refractivity contribution < 1.29 is 0 Å². The van der Waals surface area contributed by atoms with Crippen LogP contribution in [-0.2, 0) is 0 Å². The Bertz CT molecular complexity index is 235. The standard InChI is InChI=1S/C16H32N2/c1-3-5-9-14(4-2)12-16(18-17)13-15-10-7-6-8-11-15/h10,14,16,18H,3-9,11-13,17H2,1-2H3. The lowest BCUT2D eigenvalue weighted by molar-refractivity contribution is 0.347. The molecule has 0 spiro atoms. The van der Waals surface area contributed by atoms with Crippen LogP contribution in [0.3, 0.4) is 0 Å². The molecule has 0 aromatic rings. The Balaban J connectivity index is 2.36. The molecule has 0 fully saturated rings. The second-order valence-electron chi connectivity index (χ2n) is 5.83. The Morgan fingerprint density at radius 3 is 2.72 bits per heavy atom. The summed E-state index contributed by atoms with van der Waals surface area (Å²) in [5.74, 6) is 6.59. The molecule has 2 unspecified atom stereocenters. The predicted octanol–water partition coefficient (Wildman–Crippen LogP) is 4.32. The molecule has 0 saturated carbocycles. The lowest BCUT2D eigenvalue weighted by Gasteiger charge is -2.24. The van der Waals surface area contributed by atoms with E-state index in [1.54, 1.807) is 5.57 Å². The van der Waals surface area contributed by atoms with E-state index in [0.29, 0.717) is 6.04 Å². The van der Waals surface area contributed by atoms with Gasteiger partial charge in [-0.05, 0) is 44.4 Å². The summed E-state index contributed by atoms with van der Waals surface area (Å²) in [5.41, 5.74) is 4.68. The van der Waals surface area contributed by atoms with E-state index < -0.39 is 0 Å². The molecule has 0 bridgehead atoms. The maximum Gasteiger partial charge on any atom is 0.0250 e. The molecule has 18 heavy (non-hydrogen) atoms. The van der Waals surface area contributed by atoms with Crippen molar-refractivity contribution in [1.29, 1.82) is 0 Å². The lowest BCUT2D eigenvalue weighted by Crippen LogP contribution is -2.37. The van der Waals surface area contributed by atoms with Crippen molar-refractivity contribution in [3.05, 3.63) is 11.6 Å². The van der Waals surface area contributed by atoms with Crippen molar-refractivity contribution in [2.75, 3.05) is 0 Å². The molecule has 0 aromatic heterocycles. The largest absolute Gasteiger partial charge is 0.271 e. The molecule has 0 heterocycles. The number of allylic oxidation sites excluding steroid dienone is 1. The molecule has 0 radical (unpaired) electrons. The number of hydrogen-bond donors (Lipinski definition) is 2. The summed E-state index contributed by atoms with van der Waals surface area (Å²) in [6.45, 7) is 4.59. The first-order valence-corrected chi connectivity index (χ1v) is 7.94. The number of nitrogens with two attached hydrogens (primary N) is 1. The van der Waals surface area contributed by atoms with Crippen molar-refractivity contribution in [1.82, 2.24) is 5.43 Å². The van der Waals surface area contributed by atoms with E-state index in [2.05, 4.69) is 25.3 Å². The van der Waals surface area contributed by atoms with Gasteiger partial charge in [0.25, 0.3) is 0 Å². The first-order valence-electron chi connectivity index (χ1n) is 7.94. The van der Waals surface area contributed by atoms with Gasteiger partial charge in [-0.15, -0.1) is 0 Å². The van der Waals surface area contributed by atoms with Crippen molar-refractivity contribution >= 4 is 0 Å². The Labute approximate surface area is 113 Å². The third kappa shape index (κ3) is 6.01. The lowest BCUT2D eigenvalue weighted by atomic mass is 9.87. The fourth-order valence-electron chi connectivity index (χ4n) is 3.00. The number of hydrogen-bond acceptors (Lipinski definition) is 2. The van der Waals surface area contributed by atoms with E-state index >= 15 is 0 Å². The summed E-state index contributed by atoms with van der Waals surface area (Å²) in [6.07, 6.45) is 15.5. The first kappa shape index (κ1) is 15.7. The van der Waals surface area contributed by atoms with Crippen LogP contribution in [0.5, 0.6) is 0 Å². The highest BCUT2D eigenvalue weighted by Gasteiger charge is 2.16. The van der Waals surface area contributed by atoms with Gasteiger partial charge in [0.15, 0.2) is 0 Å². The van der Waals surface area contributed by atoms with E-state index in [1.165, 1.54) is 64.2 Å². The molecule has 3 N–H and O–H groups in total. The van der Waals surface area contributed by atoms with Gasteiger partial charge in [-0.1, -0.05) is 51.2 Å². The smallest absolute Gasteiger partial charge is 0.0250 e. The summed E-state index contributed by atoms with van der Waals surface area (Å²) in [4.78, 5) is 0. The summed E-state index contributed by atoms with van der Waals surface area (Å²) in [7, 11) is 0. The van der Waals surface area contributed by atoms with Crippen LogP contribution in [0, 0.1) is 5.92 Å². The quantitative estimate of drug-likeness (QED) is 0.364. The molecule has 2 nitrogen and oxygen atoms in total. The predicted molar refractivity (Wildman–Crippen MR) is 80.2 cm³/mol. The number of nitrogens with one attached hydrogen (secondary N) is 1. The van der Waals surface area contributed by atoms with Gasteiger partial charge in [0.1, 0.15) is 0 Å². The van der Waals surface area contributed by atoms with E-state index in [0.717, 1.165) is 5.92 Å². The van der Waals surface area contributed by atoms with Crippen molar-refractivity contribution in [2.24, 2.45) is 11.8 Å². The highest BCUT2D eigenvalue weighted by atomic mass is 15.2. The van der Waals surface area contributed by atoms with Gasteiger partial charge < -0.3 is 0 Å². The van der Waals surface area contributed by atoms with E-state index in [-0.39, 0.29) is 0 Å². The van der Waals surface area contributed by atoms with E-state index in [4.69, 9.17) is 5.84 Å².